The van der Waals surface area contributed by atoms with Crippen molar-refractivity contribution >= 4 is 11.4 Å². The molecule has 3 heterocycles. The molecule has 3 aliphatic heterocycles. The third kappa shape index (κ3) is 6.82. The van der Waals surface area contributed by atoms with E-state index in [1.807, 2.05) is 34.7 Å². The minimum atomic E-state index is 0.230. The Kier molecular flexibility index (Phi) is 12.1. The molecule has 0 radical (unpaired) electrons. The Bertz CT molecular complexity index is 826. The number of para-hydroxylation sites is 1. The van der Waals surface area contributed by atoms with Crippen molar-refractivity contribution < 1.29 is 0 Å². The third-order valence-corrected chi connectivity index (χ3v) is 6.72. The maximum absolute atomic E-state index is 3.77. The molecule has 1 saturated heterocycles. The van der Waals surface area contributed by atoms with Crippen LogP contribution in [0.1, 0.15) is 59.9 Å². The first-order valence-corrected chi connectivity index (χ1v) is 13.6. The van der Waals surface area contributed by atoms with E-state index < -0.39 is 0 Å². The molecule has 1 aromatic rings. The van der Waals surface area contributed by atoms with E-state index >= 15 is 0 Å². The van der Waals surface area contributed by atoms with Crippen LogP contribution in [0.15, 0.2) is 53.9 Å². The maximum Gasteiger partial charge on any atom is 0.102 e. The molecular formula is C29H49N5. The van der Waals surface area contributed by atoms with Crippen molar-refractivity contribution in [2.24, 2.45) is 5.92 Å². The van der Waals surface area contributed by atoms with Crippen molar-refractivity contribution in [3.05, 3.63) is 59.5 Å². The van der Waals surface area contributed by atoms with Crippen LogP contribution in [-0.4, -0.2) is 62.2 Å². The van der Waals surface area contributed by atoms with Crippen molar-refractivity contribution in [2.75, 3.05) is 51.6 Å². The first-order chi connectivity index (χ1) is 16.7. The molecule has 3 aliphatic rings. The lowest BCUT2D eigenvalue weighted by atomic mass is 9.95. The number of benzene rings is 1. The lowest BCUT2D eigenvalue weighted by Crippen LogP contribution is -2.40. The largest absolute Gasteiger partial charge is 0.374 e. The molecule has 0 spiro atoms. The van der Waals surface area contributed by atoms with Crippen LogP contribution in [-0.2, 0) is 0 Å². The van der Waals surface area contributed by atoms with Gasteiger partial charge in [-0.25, -0.2) is 0 Å². The van der Waals surface area contributed by atoms with Crippen LogP contribution in [0.4, 0.5) is 5.69 Å². The topological polar surface area (TPSA) is 42.6 Å². The summed E-state index contributed by atoms with van der Waals surface area (Å²) in [7, 11) is 2.01. The van der Waals surface area contributed by atoms with Gasteiger partial charge in [0, 0.05) is 56.2 Å². The molecule has 0 amide bonds. The van der Waals surface area contributed by atoms with Crippen LogP contribution >= 0.6 is 0 Å². The Morgan fingerprint density at radius 2 is 1.85 bits per heavy atom. The van der Waals surface area contributed by atoms with Crippen molar-refractivity contribution in [3.8, 4) is 0 Å². The number of nitrogens with one attached hydrogen (secondary N) is 3. The molecule has 0 aromatic heterocycles. The smallest absolute Gasteiger partial charge is 0.102 e. The zero-order valence-electron chi connectivity index (χ0n) is 22.7. The van der Waals surface area contributed by atoms with Crippen LogP contribution in [0.25, 0.3) is 5.70 Å². The zero-order chi connectivity index (χ0) is 24.9. The number of dihydropyridines is 1. The summed E-state index contributed by atoms with van der Waals surface area (Å²) < 4.78 is 0. The average Bonchev–Trinajstić information content (AvgIpc) is 3.40. The van der Waals surface area contributed by atoms with Gasteiger partial charge in [-0.1, -0.05) is 65.3 Å². The molecule has 0 aliphatic carbocycles. The van der Waals surface area contributed by atoms with E-state index in [-0.39, 0.29) is 6.04 Å². The third-order valence-electron chi connectivity index (χ3n) is 6.72. The fourth-order valence-corrected chi connectivity index (χ4v) is 4.77. The van der Waals surface area contributed by atoms with E-state index in [2.05, 4.69) is 82.1 Å². The summed E-state index contributed by atoms with van der Waals surface area (Å²) in [5.74, 6) is 2.05. The van der Waals surface area contributed by atoms with Crippen molar-refractivity contribution in [1.29, 1.82) is 0 Å². The molecule has 0 saturated carbocycles. The average molecular weight is 468 g/mol. The highest BCUT2D eigenvalue weighted by atomic mass is 15.2. The van der Waals surface area contributed by atoms with Gasteiger partial charge >= 0.3 is 0 Å². The second-order valence-electron chi connectivity index (χ2n) is 8.56. The lowest BCUT2D eigenvalue weighted by Gasteiger charge is -2.35. The van der Waals surface area contributed by atoms with E-state index in [0.717, 1.165) is 32.1 Å². The zero-order valence-corrected chi connectivity index (χ0v) is 22.7. The summed E-state index contributed by atoms with van der Waals surface area (Å²) in [5, 5.41) is 10.7. The van der Waals surface area contributed by atoms with Crippen molar-refractivity contribution in [1.82, 2.24) is 20.4 Å². The standard InChI is InChI=1S/C25H37N5.2C2H6/c1-4-19-12-14-30(18-19)24-16-23(28-22-9-7-6-8-21(22)24)20-10-11-25(27-17-20)29(5-2)15-13-26-3;2*1-2/h6-11,16,19,23,26-28H,4-5,12-15,17-18H2,1-3H3;2*1-2H3. The Morgan fingerprint density at radius 1 is 1.09 bits per heavy atom. The number of likely N-dealkylation sites (tertiary alicyclic amines) is 1. The number of hydrogen-bond acceptors (Lipinski definition) is 5. The normalized spacial score (nSPS) is 20.7. The fraction of sp³-hybridized carbons (Fsp3) is 0.586. The number of hydrogen-bond donors (Lipinski definition) is 3. The number of anilines is 1. The van der Waals surface area contributed by atoms with Gasteiger partial charge in [0.25, 0.3) is 0 Å². The van der Waals surface area contributed by atoms with Crippen LogP contribution in [0.5, 0.6) is 0 Å². The van der Waals surface area contributed by atoms with E-state index in [9.17, 15) is 0 Å². The highest BCUT2D eigenvalue weighted by Gasteiger charge is 2.29. The molecule has 2 atom stereocenters. The Hall–Kier alpha value is -2.40. The molecule has 190 valence electrons. The fourth-order valence-electron chi connectivity index (χ4n) is 4.77. The molecule has 0 bridgehead atoms. The summed E-state index contributed by atoms with van der Waals surface area (Å²) in [6.07, 6.45) is 9.59. The molecule has 5 nitrogen and oxygen atoms in total. The van der Waals surface area contributed by atoms with Crippen LogP contribution < -0.4 is 16.0 Å². The van der Waals surface area contributed by atoms with Gasteiger partial charge in [-0.2, -0.15) is 0 Å². The first kappa shape index (κ1) is 27.8. The predicted molar refractivity (Wildman–Crippen MR) is 150 cm³/mol. The van der Waals surface area contributed by atoms with Crippen LogP contribution in [0.2, 0.25) is 0 Å². The van der Waals surface area contributed by atoms with Gasteiger partial charge in [0.15, 0.2) is 0 Å². The molecule has 3 N–H and O–H groups in total. The second-order valence-corrected chi connectivity index (χ2v) is 8.56. The Labute approximate surface area is 209 Å². The van der Waals surface area contributed by atoms with E-state index in [4.69, 9.17) is 0 Å². The highest BCUT2D eigenvalue weighted by Crippen LogP contribution is 2.36. The molecule has 4 rings (SSSR count). The van der Waals surface area contributed by atoms with E-state index in [1.54, 1.807) is 0 Å². The quantitative estimate of drug-likeness (QED) is 0.470. The number of nitrogens with zero attached hydrogens (tertiary/aromatic N) is 2. The lowest BCUT2D eigenvalue weighted by molar-refractivity contribution is 0.337. The minimum absolute atomic E-state index is 0.230. The molecule has 34 heavy (non-hydrogen) atoms. The van der Waals surface area contributed by atoms with E-state index in [1.165, 1.54) is 54.3 Å². The second kappa shape index (κ2) is 14.8. The molecule has 1 fully saturated rings. The maximum atomic E-state index is 3.77. The highest BCUT2D eigenvalue weighted by molar-refractivity contribution is 5.80. The van der Waals surface area contributed by atoms with Gasteiger partial charge < -0.3 is 25.8 Å². The number of rotatable bonds is 8. The monoisotopic (exact) mass is 467 g/mol. The summed E-state index contributed by atoms with van der Waals surface area (Å²) >= 11 is 0. The summed E-state index contributed by atoms with van der Waals surface area (Å²) in [4.78, 5) is 5.00. The van der Waals surface area contributed by atoms with Gasteiger partial charge in [-0.15, -0.1) is 0 Å². The van der Waals surface area contributed by atoms with Crippen molar-refractivity contribution in [3.63, 3.8) is 0 Å². The molecule has 5 heteroatoms. The van der Waals surface area contributed by atoms with Gasteiger partial charge in [0.05, 0.1) is 6.04 Å². The number of fused-ring (bicyclic) bond motifs is 1. The summed E-state index contributed by atoms with van der Waals surface area (Å²) in [5.41, 5.74) is 5.39. The van der Waals surface area contributed by atoms with E-state index in [0.29, 0.717) is 0 Å². The molecule has 1 aromatic carbocycles. The van der Waals surface area contributed by atoms with Gasteiger partial charge in [-0.05, 0) is 50.1 Å². The van der Waals surface area contributed by atoms with Gasteiger partial charge in [0.2, 0.25) is 0 Å². The molecule has 2 unspecified atom stereocenters. The predicted octanol–water partition coefficient (Wildman–Crippen LogP) is 5.52. The SMILES string of the molecule is CC.CC.CCC1CCN(C2=CC(C3=CC=C(N(CC)CCNC)NC3)Nc3ccccc32)C1. The van der Waals surface area contributed by atoms with Gasteiger partial charge in [0.1, 0.15) is 5.82 Å². The Morgan fingerprint density at radius 3 is 2.47 bits per heavy atom. The summed E-state index contributed by atoms with van der Waals surface area (Å²) in [6, 6.07) is 9.00. The number of allylic oxidation sites excluding steroid dienone is 2. The summed E-state index contributed by atoms with van der Waals surface area (Å²) in [6.45, 7) is 18.8. The first-order valence-electron chi connectivity index (χ1n) is 13.6. The molecular weight excluding hydrogens is 418 g/mol. The van der Waals surface area contributed by atoms with Crippen LogP contribution in [0.3, 0.4) is 0 Å². The van der Waals surface area contributed by atoms with Gasteiger partial charge in [-0.3, -0.25) is 0 Å². The minimum Gasteiger partial charge on any atom is -0.374 e. The van der Waals surface area contributed by atoms with Crippen LogP contribution in [0, 0.1) is 5.92 Å². The van der Waals surface area contributed by atoms with Crippen molar-refractivity contribution in [2.45, 2.75) is 60.4 Å². The number of likely N-dealkylation sites (N-methyl/N-ethyl adjacent to an activating group) is 2. The Balaban J connectivity index is 0.000000970.